The molecular weight excluding hydrogens is 204 g/mol. The van der Waals surface area contributed by atoms with Crippen LogP contribution in [0.3, 0.4) is 0 Å². The van der Waals surface area contributed by atoms with Gasteiger partial charge in [-0.3, -0.25) is 9.48 Å². The zero-order valence-corrected chi connectivity index (χ0v) is 9.82. The summed E-state index contributed by atoms with van der Waals surface area (Å²) in [5, 5.41) is 4.60. The second-order valence-electron chi connectivity index (χ2n) is 4.01. The topological polar surface area (TPSA) is 65.8 Å². The van der Waals surface area contributed by atoms with E-state index in [1.807, 2.05) is 19.9 Å². The minimum Gasteiger partial charge on any atom is -0.382 e. The van der Waals surface area contributed by atoms with Gasteiger partial charge in [-0.15, -0.1) is 0 Å². The van der Waals surface area contributed by atoms with Crippen LogP contribution in [0.15, 0.2) is 10.9 Å². The summed E-state index contributed by atoms with van der Waals surface area (Å²) < 4.78 is 3.40. The van der Waals surface area contributed by atoms with Gasteiger partial charge in [-0.2, -0.15) is 5.10 Å². The molecule has 0 bridgehead atoms. The SMILES string of the molecule is CCCn1c(C)cc2c(c(N)nn2C)c1=O. The van der Waals surface area contributed by atoms with Crippen LogP contribution < -0.4 is 11.3 Å². The standard InChI is InChI=1S/C11H16N4O/c1-4-5-15-7(2)6-8-9(11(15)16)10(12)13-14(8)3/h6H,4-5H2,1-3H3,(H2,12,13). The smallest absolute Gasteiger partial charge is 0.264 e. The predicted octanol–water partition coefficient (Wildman–Crippen LogP) is 1.04. The molecule has 5 nitrogen and oxygen atoms in total. The maximum absolute atomic E-state index is 12.2. The molecular formula is C11H16N4O. The Kier molecular flexibility index (Phi) is 2.46. The van der Waals surface area contributed by atoms with Crippen LogP contribution in [0.25, 0.3) is 10.9 Å². The summed E-state index contributed by atoms with van der Waals surface area (Å²) in [5.41, 5.74) is 7.45. The third-order valence-corrected chi connectivity index (χ3v) is 2.80. The van der Waals surface area contributed by atoms with Crippen LogP contribution in [0.4, 0.5) is 5.82 Å². The lowest BCUT2D eigenvalue weighted by Gasteiger charge is -2.08. The Bertz CT molecular complexity index is 594. The number of nitrogen functional groups attached to an aromatic ring is 1. The van der Waals surface area contributed by atoms with Crippen LogP contribution in [0, 0.1) is 6.92 Å². The highest BCUT2D eigenvalue weighted by atomic mass is 16.1. The Labute approximate surface area is 93.5 Å². The molecule has 0 aliphatic heterocycles. The Morgan fingerprint density at radius 3 is 2.81 bits per heavy atom. The van der Waals surface area contributed by atoms with Crippen molar-refractivity contribution < 1.29 is 0 Å². The molecule has 0 saturated heterocycles. The fraction of sp³-hybridized carbons (Fsp3) is 0.455. The van der Waals surface area contributed by atoms with Gasteiger partial charge in [0.2, 0.25) is 0 Å². The molecule has 0 unspecified atom stereocenters. The predicted molar refractivity (Wildman–Crippen MR) is 64.4 cm³/mol. The lowest BCUT2D eigenvalue weighted by atomic mass is 10.2. The Morgan fingerprint density at radius 2 is 2.19 bits per heavy atom. The fourth-order valence-electron chi connectivity index (χ4n) is 2.02. The monoisotopic (exact) mass is 220 g/mol. The number of rotatable bonds is 2. The van der Waals surface area contributed by atoms with Gasteiger partial charge in [0.25, 0.3) is 5.56 Å². The van der Waals surface area contributed by atoms with Gasteiger partial charge < -0.3 is 10.3 Å². The molecule has 0 aromatic carbocycles. The summed E-state index contributed by atoms with van der Waals surface area (Å²) in [6.45, 7) is 4.69. The van der Waals surface area contributed by atoms with Crippen LogP contribution in [-0.2, 0) is 13.6 Å². The third-order valence-electron chi connectivity index (χ3n) is 2.80. The number of aryl methyl sites for hydroxylation is 2. The van der Waals surface area contributed by atoms with E-state index in [9.17, 15) is 4.79 Å². The van der Waals surface area contributed by atoms with E-state index < -0.39 is 0 Å². The van der Waals surface area contributed by atoms with E-state index in [1.54, 1.807) is 16.3 Å². The molecule has 0 saturated carbocycles. The highest BCUT2D eigenvalue weighted by Gasteiger charge is 2.13. The highest BCUT2D eigenvalue weighted by Crippen LogP contribution is 2.16. The van der Waals surface area contributed by atoms with Crippen LogP contribution in [0.5, 0.6) is 0 Å². The number of hydrogen-bond acceptors (Lipinski definition) is 3. The molecule has 0 amide bonds. The fourth-order valence-corrected chi connectivity index (χ4v) is 2.02. The minimum absolute atomic E-state index is 0.0394. The maximum Gasteiger partial charge on any atom is 0.264 e. The third kappa shape index (κ3) is 1.39. The first-order valence-electron chi connectivity index (χ1n) is 5.39. The van der Waals surface area contributed by atoms with Crippen LogP contribution in [0.1, 0.15) is 19.0 Å². The van der Waals surface area contributed by atoms with E-state index in [0.717, 1.165) is 24.2 Å². The van der Waals surface area contributed by atoms with Crippen molar-refractivity contribution in [2.24, 2.45) is 7.05 Å². The zero-order valence-electron chi connectivity index (χ0n) is 9.82. The van der Waals surface area contributed by atoms with Gasteiger partial charge in [-0.05, 0) is 19.4 Å². The van der Waals surface area contributed by atoms with Crippen molar-refractivity contribution in [3.8, 4) is 0 Å². The van der Waals surface area contributed by atoms with Crippen molar-refractivity contribution in [1.82, 2.24) is 14.3 Å². The van der Waals surface area contributed by atoms with E-state index in [2.05, 4.69) is 5.10 Å². The van der Waals surface area contributed by atoms with Crippen molar-refractivity contribution >= 4 is 16.7 Å². The van der Waals surface area contributed by atoms with Crippen molar-refractivity contribution in [3.63, 3.8) is 0 Å². The first-order valence-corrected chi connectivity index (χ1v) is 5.39. The number of hydrogen-bond donors (Lipinski definition) is 1. The number of nitrogens with zero attached hydrogens (tertiary/aromatic N) is 3. The normalized spacial score (nSPS) is 11.2. The number of pyridine rings is 1. The summed E-state index contributed by atoms with van der Waals surface area (Å²) in [4.78, 5) is 12.2. The largest absolute Gasteiger partial charge is 0.382 e. The van der Waals surface area contributed by atoms with E-state index in [-0.39, 0.29) is 5.56 Å². The van der Waals surface area contributed by atoms with E-state index in [4.69, 9.17) is 5.73 Å². The summed E-state index contributed by atoms with van der Waals surface area (Å²) in [6.07, 6.45) is 0.923. The molecule has 0 aliphatic carbocycles. The van der Waals surface area contributed by atoms with Gasteiger partial charge in [-0.25, -0.2) is 0 Å². The van der Waals surface area contributed by atoms with E-state index in [0.29, 0.717) is 11.2 Å². The van der Waals surface area contributed by atoms with Crippen molar-refractivity contribution in [3.05, 3.63) is 22.1 Å². The van der Waals surface area contributed by atoms with Crippen LogP contribution >= 0.6 is 0 Å². The van der Waals surface area contributed by atoms with Gasteiger partial charge >= 0.3 is 0 Å². The molecule has 0 spiro atoms. The lowest BCUT2D eigenvalue weighted by Crippen LogP contribution is -2.22. The second-order valence-corrected chi connectivity index (χ2v) is 4.01. The second kappa shape index (κ2) is 3.66. The van der Waals surface area contributed by atoms with Crippen molar-refractivity contribution in [2.45, 2.75) is 26.8 Å². The zero-order chi connectivity index (χ0) is 11.9. The molecule has 2 heterocycles. The van der Waals surface area contributed by atoms with Crippen molar-refractivity contribution in [2.75, 3.05) is 5.73 Å². The quantitative estimate of drug-likeness (QED) is 0.822. The molecule has 2 aromatic rings. The average Bonchev–Trinajstić information content (AvgIpc) is 2.49. The van der Waals surface area contributed by atoms with Crippen molar-refractivity contribution in [1.29, 1.82) is 0 Å². The summed E-state index contributed by atoms with van der Waals surface area (Å²) in [5.74, 6) is 0.312. The van der Waals surface area contributed by atoms with Crippen LogP contribution in [-0.4, -0.2) is 14.3 Å². The van der Waals surface area contributed by atoms with Gasteiger partial charge in [0.1, 0.15) is 5.39 Å². The van der Waals surface area contributed by atoms with E-state index in [1.165, 1.54) is 0 Å². The van der Waals surface area contributed by atoms with Gasteiger partial charge in [0.05, 0.1) is 5.52 Å². The molecule has 0 fully saturated rings. The molecule has 86 valence electrons. The summed E-state index contributed by atoms with van der Waals surface area (Å²) in [7, 11) is 1.79. The highest BCUT2D eigenvalue weighted by molar-refractivity contribution is 5.88. The summed E-state index contributed by atoms with van der Waals surface area (Å²) >= 11 is 0. The number of fused-ring (bicyclic) bond motifs is 1. The van der Waals surface area contributed by atoms with Gasteiger partial charge in [-0.1, -0.05) is 6.92 Å². The number of anilines is 1. The molecule has 5 heteroatoms. The molecule has 2 rings (SSSR count). The minimum atomic E-state index is -0.0394. The van der Waals surface area contributed by atoms with Gasteiger partial charge in [0, 0.05) is 19.3 Å². The molecule has 0 radical (unpaired) electrons. The molecule has 2 N–H and O–H groups in total. The Balaban J connectivity index is 2.87. The molecule has 2 aromatic heterocycles. The number of aromatic nitrogens is 3. The van der Waals surface area contributed by atoms with Gasteiger partial charge in [0.15, 0.2) is 5.82 Å². The van der Waals surface area contributed by atoms with Crippen LogP contribution in [0.2, 0.25) is 0 Å². The average molecular weight is 220 g/mol. The van der Waals surface area contributed by atoms with E-state index >= 15 is 0 Å². The first-order chi connectivity index (χ1) is 7.56. The molecule has 16 heavy (non-hydrogen) atoms. The lowest BCUT2D eigenvalue weighted by molar-refractivity contribution is 0.640. The molecule has 0 atom stereocenters. The summed E-state index contributed by atoms with van der Waals surface area (Å²) in [6, 6.07) is 1.95. The Hall–Kier alpha value is -1.78. The molecule has 0 aliphatic rings. The Morgan fingerprint density at radius 1 is 1.50 bits per heavy atom. The first kappa shape index (κ1) is 10.7. The number of nitrogens with two attached hydrogens (primary N) is 1. The maximum atomic E-state index is 12.2.